The molecule has 0 atom stereocenters. The van der Waals surface area contributed by atoms with Crippen molar-refractivity contribution >= 4 is 53.2 Å². The molecule has 0 fully saturated rings. The van der Waals surface area contributed by atoms with Gasteiger partial charge in [-0.1, -0.05) is 158 Å². The maximum absolute atomic E-state index is 5.23. The minimum atomic E-state index is -0.362. The molecule has 2 aliphatic carbocycles. The molecule has 2 aliphatic rings. The van der Waals surface area contributed by atoms with Crippen molar-refractivity contribution in [2.24, 2.45) is 0 Å². The third kappa shape index (κ3) is 3.55. The molecule has 2 heterocycles. The van der Waals surface area contributed by atoms with Crippen molar-refractivity contribution in [3.63, 3.8) is 0 Å². The quantitative estimate of drug-likeness (QED) is 0.166. The van der Waals surface area contributed by atoms with Crippen molar-refractivity contribution < 1.29 is 0 Å². The van der Waals surface area contributed by atoms with Gasteiger partial charge in [-0.25, -0.2) is 4.98 Å². The van der Waals surface area contributed by atoms with Crippen LogP contribution >= 0.6 is 11.3 Å². The highest BCUT2D eigenvalue weighted by Crippen LogP contribution is 2.63. The zero-order valence-electron chi connectivity index (χ0n) is 28.1. The van der Waals surface area contributed by atoms with Gasteiger partial charge in [0.2, 0.25) is 0 Å². The molecule has 1 spiro atoms. The number of aromatic nitrogens is 1. The highest BCUT2D eigenvalue weighted by Gasteiger charge is 2.51. The monoisotopic (exact) mass is 675 g/mol. The van der Waals surface area contributed by atoms with Crippen LogP contribution in [-0.2, 0) is 5.41 Å². The third-order valence-corrected chi connectivity index (χ3v) is 12.9. The molecule has 12 rings (SSSR count). The van der Waals surface area contributed by atoms with Crippen molar-refractivity contribution in [2.75, 3.05) is 0 Å². The first-order chi connectivity index (χ1) is 25.8. The highest BCUT2D eigenvalue weighted by molar-refractivity contribution is 7.26. The second-order valence-electron chi connectivity index (χ2n) is 14.1. The number of para-hydroxylation sites is 1. The number of pyridine rings is 1. The number of fused-ring (bicyclic) bond motifs is 17. The SMILES string of the molecule is c1ccc(-c2nc3ccccc3c3c2ccc2sc4c(-c5ccc6c(c5)C5(c7ccccc7-c7ccccc75)c5ccccc5-6)cccc4c23)cc1. The Morgan fingerprint density at radius 1 is 0.385 bits per heavy atom. The van der Waals surface area contributed by atoms with Gasteiger partial charge in [-0.3, -0.25) is 0 Å². The number of hydrogen-bond donors (Lipinski definition) is 0. The van der Waals surface area contributed by atoms with Crippen molar-refractivity contribution in [1.82, 2.24) is 4.98 Å². The van der Waals surface area contributed by atoms with Gasteiger partial charge in [-0.15, -0.1) is 11.3 Å². The minimum Gasteiger partial charge on any atom is -0.247 e. The Balaban J connectivity index is 1.15. The molecule has 0 unspecified atom stereocenters. The van der Waals surface area contributed by atoms with Gasteiger partial charge >= 0.3 is 0 Å². The van der Waals surface area contributed by atoms with Gasteiger partial charge in [-0.05, 0) is 73.8 Å². The van der Waals surface area contributed by atoms with E-state index in [4.69, 9.17) is 4.98 Å². The third-order valence-electron chi connectivity index (χ3n) is 11.7. The van der Waals surface area contributed by atoms with Crippen LogP contribution in [0.4, 0.5) is 0 Å². The lowest BCUT2D eigenvalue weighted by atomic mass is 9.70. The second kappa shape index (κ2) is 10.4. The predicted octanol–water partition coefficient (Wildman–Crippen LogP) is 13.4. The van der Waals surface area contributed by atoms with Crippen LogP contribution in [-0.4, -0.2) is 4.98 Å². The van der Waals surface area contributed by atoms with E-state index in [0.29, 0.717) is 0 Å². The molecule has 0 saturated carbocycles. The van der Waals surface area contributed by atoms with Gasteiger partial charge in [-0.2, -0.15) is 0 Å². The standard InChI is InChI=1S/C50H29NS/c1-2-13-30(14-3-1)48-38-27-28-45-47(46(38)37-18-7-11-24-44(37)51-48)39-20-12-19-32(49(39)52-45)31-25-26-36-35-17-6-10-23-42(35)50(43(36)29-31)40-21-8-4-15-33(40)34-16-5-9-22-41(34)50/h1-29H. The highest BCUT2D eigenvalue weighted by atomic mass is 32.1. The van der Waals surface area contributed by atoms with Crippen molar-refractivity contribution in [2.45, 2.75) is 5.41 Å². The number of benzene rings is 8. The van der Waals surface area contributed by atoms with Gasteiger partial charge in [0.05, 0.1) is 16.6 Å². The lowest BCUT2D eigenvalue weighted by molar-refractivity contribution is 0.794. The summed E-state index contributed by atoms with van der Waals surface area (Å²) in [6.45, 7) is 0. The number of rotatable bonds is 2. The average Bonchev–Trinajstić information content (AvgIpc) is 3.85. The average molecular weight is 676 g/mol. The van der Waals surface area contributed by atoms with Gasteiger partial charge in [0, 0.05) is 41.9 Å². The van der Waals surface area contributed by atoms with Crippen LogP contribution in [0.3, 0.4) is 0 Å². The molecule has 1 nitrogen and oxygen atoms in total. The Hall–Kier alpha value is -6.35. The molecule has 0 saturated heterocycles. The van der Waals surface area contributed by atoms with Crippen LogP contribution in [0.5, 0.6) is 0 Å². The minimum absolute atomic E-state index is 0.362. The van der Waals surface area contributed by atoms with E-state index < -0.39 is 0 Å². The summed E-state index contributed by atoms with van der Waals surface area (Å²) < 4.78 is 2.62. The fourth-order valence-corrected chi connectivity index (χ4v) is 10.9. The smallest absolute Gasteiger partial charge is 0.0788 e. The topological polar surface area (TPSA) is 12.9 Å². The van der Waals surface area contributed by atoms with Crippen molar-refractivity contribution in [3.05, 3.63) is 198 Å². The molecule has 2 heteroatoms. The fraction of sp³-hybridized carbons (Fsp3) is 0.0200. The van der Waals surface area contributed by atoms with Crippen LogP contribution in [0.15, 0.2) is 176 Å². The zero-order chi connectivity index (χ0) is 34.0. The lowest BCUT2D eigenvalue weighted by Crippen LogP contribution is -2.25. The molecule has 0 radical (unpaired) electrons. The lowest BCUT2D eigenvalue weighted by Gasteiger charge is -2.30. The van der Waals surface area contributed by atoms with Gasteiger partial charge in [0.15, 0.2) is 0 Å². The molecular formula is C50H29NS. The van der Waals surface area contributed by atoms with Crippen molar-refractivity contribution in [3.8, 4) is 44.6 Å². The van der Waals surface area contributed by atoms with Gasteiger partial charge < -0.3 is 0 Å². The van der Waals surface area contributed by atoms with E-state index in [2.05, 4.69) is 176 Å². The molecule has 2 aromatic heterocycles. The van der Waals surface area contributed by atoms with E-state index in [1.807, 2.05) is 11.3 Å². The molecule has 240 valence electrons. The Bertz CT molecular complexity index is 3070. The molecule has 0 aliphatic heterocycles. The molecular weight excluding hydrogens is 647 g/mol. The molecule has 0 bridgehead atoms. The largest absolute Gasteiger partial charge is 0.247 e. The Kier molecular flexibility index (Phi) is 5.65. The Morgan fingerprint density at radius 3 is 1.71 bits per heavy atom. The Morgan fingerprint density at radius 2 is 0.981 bits per heavy atom. The van der Waals surface area contributed by atoms with E-state index in [9.17, 15) is 0 Å². The summed E-state index contributed by atoms with van der Waals surface area (Å²) in [6, 6.07) is 65.2. The van der Waals surface area contributed by atoms with Crippen LogP contribution in [0.2, 0.25) is 0 Å². The first kappa shape index (κ1) is 28.4. The van der Waals surface area contributed by atoms with Gasteiger partial charge in [0.1, 0.15) is 0 Å². The van der Waals surface area contributed by atoms with Gasteiger partial charge in [0.25, 0.3) is 0 Å². The summed E-state index contributed by atoms with van der Waals surface area (Å²) in [5.41, 5.74) is 16.2. The summed E-state index contributed by atoms with van der Waals surface area (Å²) >= 11 is 1.91. The number of nitrogens with zero attached hydrogens (tertiary/aromatic N) is 1. The molecule has 10 aromatic rings. The summed E-state index contributed by atoms with van der Waals surface area (Å²) in [6.07, 6.45) is 0. The number of hydrogen-bond acceptors (Lipinski definition) is 2. The van der Waals surface area contributed by atoms with E-state index in [1.54, 1.807) is 0 Å². The fourth-order valence-electron chi connectivity index (χ4n) is 9.64. The van der Waals surface area contributed by atoms with Crippen LogP contribution in [0.1, 0.15) is 22.3 Å². The molecule has 8 aromatic carbocycles. The van der Waals surface area contributed by atoms with E-state index in [0.717, 1.165) is 16.8 Å². The number of thiophene rings is 1. The summed E-state index contributed by atoms with van der Waals surface area (Å²) in [7, 11) is 0. The van der Waals surface area contributed by atoms with E-state index >= 15 is 0 Å². The predicted molar refractivity (Wildman–Crippen MR) is 219 cm³/mol. The summed E-state index contributed by atoms with van der Waals surface area (Å²) in [4.78, 5) is 5.23. The normalized spacial score (nSPS) is 13.5. The maximum atomic E-state index is 5.23. The zero-order valence-corrected chi connectivity index (χ0v) is 28.9. The summed E-state index contributed by atoms with van der Waals surface area (Å²) in [5.74, 6) is 0. The van der Waals surface area contributed by atoms with Crippen LogP contribution in [0.25, 0.3) is 86.5 Å². The van der Waals surface area contributed by atoms with E-state index in [-0.39, 0.29) is 5.41 Å². The first-order valence-corrected chi connectivity index (χ1v) is 18.8. The first-order valence-electron chi connectivity index (χ1n) is 18.0. The van der Waals surface area contributed by atoms with Crippen molar-refractivity contribution in [1.29, 1.82) is 0 Å². The molecule has 0 amide bonds. The molecule has 52 heavy (non-hydrogen) atoms. The molecule has 0 N–H and O–H groups in total. The van der Waals surface area contributed by atoms with Crippen LogP contribution < -0.4 is 0 Å². The maximum Gasteiger partial charge on any atom is 0.0788 e. The second-order valence-corrected chi connectivity index (χ2v) is 15.2. The summed E-state index contributed by atoms with van der Waals surface area (Å²) in [5, 5.41) is 6.29. The van der Waals surface area contributed by atoms with Crippen LogP contribution in [0, 0.1) is 0 Å². The van der Waals surface area contributed by atoms with E-state index in [1.165, 1.54) is 92.0 Å². The Labute approximate surface area is 305 Å².